The summed E-state index contributed by atoms with van der Waals surface area (Å²) in [5.41, 5.74) is 3.81. The molecule has 1 aromatic carbocycles. The molecular formula is C14H18N2O2. The number of methoxy groups -OCH3 is 1. The van der Waals surface area contributed by atoms with Crippen molar-refractivity contribution in [2.75, 3.05) is 25.5 Å². The minimum Gasteiger partial charge on any atom is -0.497 e. The van der Waals surface area contributed by atoms with Crippen molar-refractivity contribution in [3.63, 3.8) is 0 Å². The Balaban J connectivity index is 2.12. The summed E-state index contributed by atoms with van der Waals surface area (Å²) in [5.74, 6) is 0.767. The first kappa shape index (κ1) is 12.6. The van der Waals surface area contributed by atoms with Gasteiger partial charge in [-0.2, -0.15) is 0 Å². The summed E-state index contributed by atoms with van der Waals surface area (Å²) in [7, 11) is 1.63. The van der Waals surface area contributed by atoms with Gasteiger partial charge in [-0.25, -0.2) is 0 Å². The van der Waals surface area contributed by atoms with Crippen LogP contribution in [0.3, 0.4) is 0 Å². The SMILES string of the molecule is COc1ccc(NC(=O)C(C)=C2CNC2)c(C)c1. The lowest BCUT2D eigenvalue weighted by atomic mass is 10.0. The maximum atomic E-state index is 12.0. The molecule has 0 spiro atoms. The van der Waals surface area contributed by atoms with Crippen molar-refractivity contribution in [1.29, 1.82) is 0 Å². The van der Waals surface area contributed by atoms with Crippen molar-refractivity contribution in [3.05, 3.63) is 34.9 Å². The van der Waals surface area contributed by atoms with Crippen LogP contribution in [0.1, 0.15) is 12.5 Å². The quantitative estimate of drug-likeness (QED) is 0.800. The molecule has 0 saturated carbocycles. The van der Waals surface area contributed by atoms with E-state index >= 15 is 0 Å². The van der Waals surface area contributed by atoms with Gasteiger partial charge < -0.3 is 15.4 Å². The van der Waals surface area contributed by atoms with E-state index in [1.54, 1.807) is 7.11 Å². The second kappa shape index (κ2) is 5.23. The molecule has 4 heteroatoms. The number of ether oxygens (including phenoxy) is 1. The fourth-order valence-corrected chi connectivity index (χ4v) is 1.80. The minimum atomic E-state index is -0.0280. The van der Waals surface area contributed by atoms with Crippen molar-refractivity contribution in [3.8, 4) is 5.75 Å². The molecule has 4 nitrogen and oxygen atoms in total. The standard InChI is InChI=1S/C14H18N2O2/c1-9-6-12(18-3)4-5-13(9)16-14(17)10(2)11-7-15-8-11/h4-6,15H,7-8H2,1-3H3,(H,16,17). The van der Waals surface area contributed by atoms with E-state index in [1.807, 2.05) is 32.0 Å². The number of anilines is 1. The Hall–Kier alpha value is -1.81. The molecule has 96 valence electrons. The van der Waals surface area contributed by atoms with E-state index in [0.29, 0.717) is 0 Å². The first-order valence-electron chi connectivity index (χ1n) is 5.97. The smallest absolute Gasteiger partial charge is 0.251 e. The van der Waals surface area contributed by atoms with Crippen molar-refractivity contribution in [2.45, 2.75) is 13.8 Å². The zero-order chi connectivity index (χ0) is 13.1. The number of rotatable bonds is 3. The van der Waals surface area contributed by atoms with Crippen LogP contribution in [0.4, 0.5) is 5.69 Å². The van der Waals surface area contributed by atoms with Crippen LogP contribution >= 0.6 is 0 Å². The first-order valence-corrected chi connectivity index (χ1v) is 5.97. The number of nitrogens with one attached hydrogen (secondary N) is 2. The van der Waals surface area contributed by atoms with Crippen LogP contribution in [0.5, 0.6) is 5.75 Å². The van der Waals surface area contributed by atoms with Crippen LogP contribution in [-0.2, 0) is 4.79 Å². The van der Waals surface area contributed by atoms with Crippen LogP contribution in [0, 0.1) is 6.92 Å². The maximum Gasteiger partial charge on any atom is 0.251 e. The highest BCUT2D eigenvalue weighted by molar-refractivity contribution is 6.04. The summed E-state index contributed by atoms with van der Waals surface area (Å²) in [6.07, 6.45) is 0. The molecular weight excluding hydrogens is 228 g/mol. The highest BCUT2D eigenvalue weighted by Gasteiger charge is 2.16. The van der Waals surface area contributed by atoms with Crippen molar-refractivity contribution >= 4 is 11.6 Å². The molecule has 0 bridgehead atoms. The van der Waals surface area contributed by atoms with Gasteiger partial charge in [0, 0.05) is 24.4 Å². The number of carbonyl (C=O) groups is 1. The van der Waals surface area contributed by atoms with Gasteiger partial charge >= 0.3 is 0 Å². The van der Waals surface area contributed by atoms with Crippen LogP contribution in [0.25, 0.3) is 0 Å². The zero-order valence-electron chi connectivity index (χ0n) is 11.0. The lowest BCUT2D eigenvalue weighted by Gasteiger charge is -2.21. The molecule has 1 saturated heterocycles. The van der Waals surface area contributed by atoms with Gasteiger partial charge in [-0.3, -0.25) is 4.79 Å². The highest BCUT2D eigenvalue weighted by Crippen LogP contribution is 2.22. The van der Waals surface area contributed by atoms with Gasteiger partial charge in [0.05, 0.1) is 7.11 Å². The Bertz CT molecular complexity index is 501. The van der Waals surface area contributed by atoms with Gasteiger partial charge in [0.2, 0.25) is 0 Å². The predicted molar refractivity (Wildman–Crippen MR) is 71.9 cm³/mol. The van der Waals surface area contributed by atoms with E-state index < -0.39 is 0 Å². The monoisotopic (exact) mass is 246 g/mol. The van der Waals surface area contributed by atoms with Crippen molar-refractivity contribution in [1.82, 2.24) is 5.32 Å². The zero-order valence-corrected chi connectivity index (χ0v) is 11.0. The molecule has 18 heavy (non-hydrogen) atoms. The molecule has 1 aliphatic heterocycles. The van der Waals surface area contributed by atoms with Crippen molar-refractivity contribution < 1.29 is 9.53 Å². The Kier molecular flexibility index (Phi) is 3.67. The predicted octanol–water partition coefficient (Wildman–Crippen LogP) is 1.86. The lowest BCUT2D eigenvalue weighted by molar-refractivity contribution is -0.112. The topological polar surface area (TPSA) is 50.4 Å². The molecule has 2 N–H and O–H groups in total. The third-order valence-corrected chi connectivity index (χ3v) is 3.23. The van der Waals surface area contributed by atoms with Gasteiger partial charge in [-0.1, -0.05) is 0 Å². The number of hydrogen-bond donors (Lipinski definition) is 2. The second-order valence-electron chi connectivity index (χ2n) is 4.47. The number of carbonyl (C=O) groups excluding carboxylic acids is 1. The van der Waals surface area contributed by atoms with E-state index in [4.69, 9.17) is 4.74 Å². The summed E-state index contributed by atoms with van der Waals surface area (Å²) >= 11 is 0. The molecule has 0 atom stereocenters. The Morgan fingerprint density at radius 3 is 2.61 bits per heavy atom. The van der Waals surface area contributed by atoms with E-state index in [2.05, 4.69) is 10.6 Å². The van der Waals surface area contributed by atoms with Crippen LogP contribution in [-0.4, -0.2) is 26.1 Å². The van der Waals surface area contributed by atoms with Crippen LogP contribution in [0.15, 0.2) is 29.3 Å². The van der Waals surface area contributed by atoms with E-state index in [0.717, 1.165) is 35.7 Å². The summed E-state index contributed by atoms with van der Waals surface area (Å²) in [6, 6.07) is 5.61. The molecule has 1 fully saturated rings. The van der Waals surface area contributed by atoms with Gasteiger partial charge in [0.15, 0.2) is 0 Å². The van der Waals surface area contributed by atoms with Crippen LogP contribution in [0.2, 0.25) is 0 Å². The molecule has 2 rings (SSSR count). The Labute approximate surface area is 107 Å². The third kappa shape index (κ3) is 2.54. The molecule has 0 aromatic heterocycles. The fraction of sp³-hybridized carbons (Fsp3) is 0.357. The van der Waals surface area contributed by atoms with Gasteiger partial charge in [-0.15, -0.1) is 0 Å². The average molecular weight is 246 g/mol. The normalized spacial score (nSPS) is 13.8. The van der Waals surface area contributed by atoms with E-state index in [9.17, 15) is 4.79 Å². The van der Waals surface area contributed by atoms with E-state index in [-0.39, 0.29) is 5.91 Å². The summed E-state index contributed by atoms with van der Waals surface area (Å²) < 4.78 is 5.14. The molecule has 0 aliphatic carbocycles. The fourth-order valence-electron chi connectivity index (χ4n) is 1.80. The molecule has 1 aromatic rings. The Morgan fingerprint density at radius 2 is 2.11 bits per heavy atom. The summed E-state index contributed by atoms with van der Waals surface area (Å²) in [5, 5.41) is 6.06. The number of benzene rings is 1. The van der Waals surface area contributed by atoms with Gasteiger partial charge in [0.1, 0.15) is 5.75 Å². The van der Waals surface area contributed by atoms with Gasteiger partial charge in [0.25, 0.3) is 5.91 Å². The summed E-state index contributed by atoms with van der Waals surface area (Å²) in [4.78, 5) is 12.0. The third-order valence-electron chi connectivity index (χ3n) is 3.23. The number of amides is 1. The van der Waals surface area contributed by atoms with Crippen molar-refractivity contribution in [2.24, 2.45) is 0 Å². The second-order valence-corrected chi connectivity index (χ2v) is 4.47. The maximum absolute atomic E-state index is 12.0. The molecule has 1 amide bonds. The number of aryl methyl sites for hydroxylation is 1. The highest BCUT2D eigenvalue weighted by atomic mass is 16.5. The largest absolute Gasteiger partial charge is 0.497 e. The molecule has 0 radical (unpaired) electrons. The minimum absolute atomic E-state index is 0.0280. The molecule has 1 heterocycles. The summed E-state index contributed by atoms with van der Waals surface area (Å²) in [6.45, 7) is 5.46. The molecule has 0 unspecified atom stereocenters. The van der Waals surface area contributed by atoms with E-state index in [1.165, 1.54) is 5.57 Å². The number of hydrogen-bond acceptors (Lipinski definition) is 3. The molecule has 1 aliphatic rings. The Morgan fingerprint density at radius 1 is 1.39 bits per heavy atom. The lowest BCUT2D eigenvalue weighted by Crippen LogP contribution is -2.36. The van der Waals surface area contributed by atoms with Gasteiger partial charge in [-0.05, 0) is 43.2 Å². The average Bonchev–Trinajstić information content (AvgIpc) is 2.29. The first-order chi connectivity index (χ1) is 8.61. The van der Waals surface area contributed by atoms with Crippen LogP contribution < -0.4 is 15.4 Å².